The Morgan fingerprint density at radius 1 is 0.919 bits per heavy atom. The van der Waals surface area contributed by atoms with E-state index in [0.717, 1.165) is 43.7 Å². The van der Waals surface area contributed by atoms with Crippen molar-refractivity contribution < 1.29 is 9.53 Å². The summed E-state index contributed by atoms with van der Waals surface area (Å²) in [5, 5.41) is 5.34. The largest absolute Gasteiger partial charge is 0.483 e. The van der Waals surface area contributed by atoms with Crippen molar-refractivity contribution in [1.82, 2.24) is 14.7 Å². The Morgan fingerprint density at radius 2 is 1.57 bits per heavy atom. The Kier molecular flexibility index (Phi) is 7.58. The molecule has 1 aliphatic heterocycles. The molecule has 7 heteroatoms. The predicted octanol–water partition coefficient (Wildman–Crippen LogP) is 5.03. The number of piperidine rings is 1. The lowest BCUT2D eigenvalue weighted by Gasteiger charge is -2.42. The van der Waals surface area contributed by atoms with Crippen molar-refractivity contribution in [1.29, 1.82) is 0 Å². The molecule has 5 rings (SSSR count). The Labute approximate surface area is 222 Å². The summed E-state index contributed by atoms with van der Waals surface area (Å²) in [6, 6.07) is 29.3. The molecule has 2 N–H and O–H groups in total. The minimum absolute atomic E-state index is 0.0360. The molecule has 3 aromatic carbocycles. The number of ether oxygens (including phenoxy) is 1. The van der Waals surface area contributed by atoms with Crippen molar-refractivity contribution >= 4 is 17.5 Å². The molecular weight excluding hydrogens is 484 g/mol. The number of halogens is 1. The van der Waals surface area contributed by atoms with Crippen LogP contribution in [0.25, 0.3) is 0 Å². The Bertz CT molecular complexity index is 1290. The van der Waals surface area contributed by atoms with Gasteiger partial charge in [-0.3, -0.25) is 14.4 Å². The maximum Gasteiger partial charge on any atom is 0.255 e. The summed E-state index contributed by atoms with van der Waals surface area (Å²) in [4.78, 5) is 13.6. The number of hydrogen-bond acceptors (Lipinski definition) is 4. The lowest BCUT2D eigenvalue weighted by atomic mass is 9.68. The van der Waals surface area contributed by atoms with Gasteiger partial charge in [-0.1, -0.05) is 78.3 Å². The highest BCUT2D eigenvalue weighted by molar-refractivity contribution is 6.30. The first-order valence-electron chi connectivity index (χ1n) is 12.6. The minimum Gasteiger partial charge on any atom is -0.483 e. The van der Waals surface area contributed by atoms with Gasteiger partial charge in [-0.15, -0.1) is 0 Å². The average molecular weight is 515 g/mol. The van der Waals surface area contributed by atoms with Crippen molar-refractivity contribution in [3.63, 3.8) is 0 Å². The molecule has 0 atom stereocenters. The zero-order valence-electron chi connectivity index (χ0n) is 20.7. The number of nitrogens with zero attached hydrogens (tertiary/aromatic N) is 3. The molecule has 1 aliphatic rings. The zero-order chi connectivity index (χ0) is 25.7. The summed E-state index contributed by atoms with van der Waals surface area (Å²) in [6.07, 6.45) is 4.10. The molecule has 6 nitrogen and oxygen atoms in total. The number of amides is 1. The van der Waals surface area contributed by atoms with Gasteiger partial charge in [-0.25, -0.2) is 0 Å². The first-order chi connectivity index (χ1) is 18.0. The number of aromatic nitrogens is 2. The normalized spacial score (nSPS) is 15.4. The van der Waals surface area contributed by atoms with Crippen LogP contribution in [0.3, 0.4) is 0 Å². The van der Waals surface area contributed by atoms with E-state index in [2.05, 4.69) is 71.6 Å². The molecule has 190 valence electrons. The van der Waals surface area contributed by atoms with Crippen LogP contribution in [0.1, 0.15) is 35.2 Å². The second kappa shape index (κ2) is 11.2. The first-order valence-corrected chi connectivity index (χ1v) is 12.9. The highest BCUT2D eigenvalue weighted by Crippen LogP contribution is 2.41. The van der Waals surface area contributed by atoms with E-state index in [1.165, 1.54) is 11.1 Å². The summed E-state index contributed by atoms with van der Waals surface area (Å²) in [5.74, 6) is 0.00919. The van der Waals surface area contributed by atoms with E-state index in [4.69, 9.17) is 27.2 Å². The SMILES string of the molecule is NC(=O)COc1cc(Cl)ccc1Cn1ccc(CN2CCC(c3ccccc3)(c3ccccc3)CC2)n1. The lowest BCUT2D eigenvalue weighted by Crippen LogP contribution is -2.43. The summed E-state index contributed by atoms with van der Waals surface area (Å²) >= 11 is 6.12. The van der Waals surface area contributed by atoms with Crippen molar-refractivity contribution in [3.8, 4) is 5.75 Å². The van der Waals surface area contributed by atoms with Crippen LogP contribution in [0.15, 0.2) is 91.1 Å². The van der Waals surface area contributed by atoms with E-state index >= 15 is 0 Å². The number of hydrogen-bond donors (Lipinski definition) is 1. The van der Waals surface area contributed by atoms with E-state index in [9.17, 15) is 4.79 Å². The van der Waals surface area contributed by atoms with E-state index in [0.29, 0.717) is 17.3 Å². The van der Waals surface area contributed by atoms with Crippen LogP contribution in [0.5, 0.6) is 5.75 Å². The molecular formula is C30H31ClN4O2. The molecule has 1 amide bonds. The molecule has 0 spiro atoms. The molecule has 4 aromatic rings. The summed E-state index contributed by atoms with van der Waals surface area (Å²) in [5.41, 5.74) is 9.97. The second-order valence-corrected chi connectivity index (χ2v) is 10.0. The highest BCUT2D eigenvalue weighted by atomic mass is 35.5. The van der Waals surface area contributed by atoms with Crippen LogP contribution >= 0.6 is 11.6 Å². The molecule has 1 fully saturated rings. The van der Waals surface area contributed by atoms with Crippen LogP contribution in [0.2, 0.25) is 5.02 Å². The van der Waals surface area contributed by atoms with Crippen molar-refractivity contribution in [3.05, 3.63) is 119 Å². The van der Waals surface area contributed by atoms with Crippen molar-refractivity contribution in [2.24, 2.45) is 5.73 Å². The monoisotopic (exact) mass is 514 g/mol. The van der Waals surface area contributed by atoms with Crippen LogP contribution in [-0.4, -0.2) is 40.3 Å². The quantitative estimate of drug-likeness (QED) is 0.340. The average Bonchev–Trinajstić information content (AvgIpc) is 3.37. The van der Waals surface area contributed by atoms with Gasteiger partial charge in [0, 0.05) is 28.7 Å². The molecule has 0 saturated carbocycles. The van der Waals surface area contributed by atoms with E-state index in [1.807, 2.05) is 16.9 Å². The topological polar surface area (TPSA) is 73.4 Å². The van der Waals surface area contributed by atoms with Gasteiger partial charge < -0.3 is 10.5 Å². The minimum atomic E-state index is -0.530. The van der Waals surface area contributed by atoms with Gasteiger partial charge in [0.05, 0.1) is 12.2 Å². The Hall–Kier alpha value is -3.61. The summed E-state index contributed by atoms with van der Waals surface area (Å²) < 4.78 is 7.45. The molecule has 2 heterocycles. The van der Waals surface area contributed by atoms with Crippen LogP contribution in [0, 0.1) is 0 Å². The third-order valence-electron chi connectivity index (χ3n) is 7.18. The number of carbonyl (C=O) groups is 1. The third kappa shape index (κ3) is 5.87. The smallest absolute Gasteiger partial charge is 0.255 e. The van der Waals surface area contributed by atoms with Gasteiger partial charge in [0.25, 0.3) is 5.91 Å². The Balaban J connectivity index is 1.25. The van der Waals surface area contributed by atoms with E-state index in [-0.39, 0.29) is 12.0 Å². The molecule has 1 aromatic heterocycles. The van der Waals surface area contributed by atoms with Gasteiger partial charge in [0.1, 0.15) is 5.75 Å². The fraction of sp³-hybridized carbons (Fsp3) is 0.267. The van der Waals surface area contributed by atoms with Gasteiger partial charge in [-0.2, -0.15) is 5.10 Å². The summed E-state index contributed by atoms with van der Waals surface area (Å²) in [7, 11) is 0. The number of primary amides is 1. The van der Waals surface area contributed by atoms with Crippen LogP contribution in [0.4, 0.5) is 0 Å². The molecule has 37 heavy (non-hydrogen) atoms. The lowest BCUT2D eigenvalue weighted by molar-refractivity contribution is -0.119. The van der Waals surface area contributed by atoms with Gasteiger partial charge >= 0.3 is 0 Å². The molecule has 0 radical (unpaired) electrons. The number of rotatable bonds is 9. The molecule has 0 bridgehead atoms. The Morgan fingerprint density at radius 3 is 2.19 bits per heavy atom. The van der Waals surface area contributed by atoms with Gasteiger partial charge in [-0.05, 0) is 55.3 Å². The van der Waals surface area contributed by atoms with Gasteiger partial charge in [0.2, 0.25) is 0 Å². The zero-order valence-corrected chi connectivity index (χ0v) is 21.5. The van der Waals surface area contributed by atoms with E-state index < -0.39 is 5.91 Å². The fourth-order valence-electron chi connectivity index (χ4n) is 5.27. The number of nitrogens with two attached hydrogens (primary N) is 1. The van der Waals surface area contributed by atoms with Gasteiger partial charge in [0.15, 0.2) is 6.61 Å². The van der Waals surface area contributed by atoms with E-state index in [1.54, 1.807) is 12.1 Å². The first kappa shape index (κ1) is 25.1. The molecule has 0 aliphatic carbocycles. The fourth-order valence-corrected chi connectivity index (χ4v) is 5.44. The number of likely N-dealkylation sites (tertiary alicyclic amines) is 1. The second-order valence-electron chi connectivity index (χ2n) is 9.60. The third-order valence-corrected chi connectivity index (χ3v) is 7.41. The maximum absolute atomic E-state index is 11.2. The predicted molar refractivity (Wildman–Crippen MR) is 146 cm³/mol. The van der Waals surface area contributed by atoms with Crippen molar-refractivity contribution in [2.45, 2.75) is 31.3 Å². The van der Waals surface area contributed by atoms with Crippen LogP contribution in [-0.2, 0) is 23.3 Å². The molecule has 0 unspecified atom stereocenters. The maximum atomic E-state index is 11.2. The summed E-state index contributed by atoms with van der Waals surface area (Å²) in [6.45, 7) is 3.12. The molecule has 1 saturated heterocycles. The van der Waals surface area contributed by atoms with Crippen molar-refractivity contribution in [2.75, 3.05) is 19.7 Å². The highest BCUT2D eigenvalue weighted by Gasteiger charge is 2.37. The van der Waals surface area contributed by atoms with Crippen LogP contribution < -0.4 is 10.5 Å². The standard InChI is InChI=1S/C30H31ClN4O2/c31-26-12-11-23(28(19-26)37-22-29(32)36)20-35-16-13-27(33-35)21-34-17-14-30(15-18-34,24-7-3-1-4-8-24)25-9-5-2-6-10-25/h1-13,16,19H,14-15,17-18,20-22H2,(H2,32,36). The number of carbonyl (C=O) groups excluding carboxylic acids is 1. The number of benzene rings is 3.